The first kappa shape index (κ1) is 14.3. The second kappa shape index (κ2) is 5.87. The van der Waals surface area contributed by atoms with Crippen LogP contribution in [0.25, 0.3) is 0 Å². The summed E-state index contributed by atoms with van der Waals surface area (Å²) in [5.74, 6) is 0. The molecule has 1 aromatic carbocycles. The molecule has 0 aliphatic rings. The molecule has 0 saturated carbocycles. The summed E-state index contributed by atoms with van der Waals surface area (Å²) in [4.78, 5) is 2.69. The average molecular weight is 275 g/mol. The molecular weight excluding hydrogens is 254 g/mol. The van der Waals surface area contributed by atoms with Crippen LogP contribution in [-0.2, 0) is 12.1 Å². The zero-order chi connectivity index (χ0) is 13.9. The molecule has 0 spiro atoms. The summed E-state index contributed by atoms with van der Waals surface area (Å²) in [7, 11) is 0. The number of rotatable bonds is 5. The van der Waals surface area contributed by atoms with Crippen molar-refractivity contribution < 1.29 is 5.11 Å². The molecule has 1 unspecified atom stereocenters. The standard InChI is InChI=1S/C16H21NOS/c1-12-9-15(19-13(12)2)10-17-11-16(3,18)14-7-5-4-6-8-14/h4-9,17-18H,10-11H2,1-3H3. The SMILES string of the molecule is Cc1cc(CNCC(C)(O)c2ccccc2)sc1C. The lowest BCUT2D eigenvalue weighted by Gasteiger charge is -2.24. The van der Waals surface area contributed by atoms with E-state index >= 15 is 0 Å². The normalized spacial score (nSPS) is 14.3. The zero-order valence-corrected chi connectivity index (χ0v) is 12.6. The maximum absolute atomic E-state index is 10.5. The Morgan fingerprint density at radius 1 is 1.21 bits per heavy atom. The minimum atomic E-state index is -0.831. The van der Waals surface area contributed by atoms with Gasteiger partial charge in [0.05, 0.1) is 5.60 Å². The van der Waals surface area contributed by atoms with Crippen molar-refractivity contribution in [1.82, 2.24) is 5.32 Å². The predicted octanol–water partition coefficient (Wildman–Crippen LogP) is 3.36. The molecule has 0 aliphatic carbocycles. The topological polar surface area (TPSA) is 32.3 Å². The fraction of sp³-hybridized carbons (Fsp3) is 0.375. The second-order valence-electron chi connectivity index (χ2n) is 5.20. The van der Waals surface area contributed by atoms with E-state index in [1.807, 2.05) is 48.6 Å². The molecule has 1 atom stereocenters. The third-order valence-electron chi connectivity index (χ3n) is 3.38. The van der Waals surface area contributed by atoms with E-state index in [0.717, 1.165) is 12.1 Å². The van der Waals surface area contributed by atoms with Crippen molar-refractivity contribution in [2.24, 2.45) is 0 Å². The monoisotopic (exact) mass is 275 g/mol. The highest BCUT2D eigenvalue weighted by Crippen LogP contribution is 2.22. The minimum absolute atomic E-state index is 0.549. The average Bonchev–Trinajstić information content (AvgIpc) is 2.69. The summed E-state index contributed by atoms with van der Waals surface area (Å²) in [5.41, 5.74) is 1.46. The van der Waals surface area contributed by atoms with Crippen molar-refractivity contribution in [3.8, 4) is 0 Å². The number of thiophene rings is 1. The lowest BCUT2D eigenvalue weighted by Crippen LogP contribution is -2.34. The van der Waals surface area contributed by atoms with Crippen LogP contribution in [-0.4, -0.2) is 11.7 Å². The summed E-state index contributed by atoms with van der Waals surface area (Å²) in [6, 6.07) is 12.0. The number of aryl methyl sites for hydroxylation is 2. The van der Waals surface area contributed by atoms with Crippen molar-refractivity contribution in [2.45, 2.75) is 32.9 Å². The molecule has 1 aromatic heterocycles. The van der Waals surface area contributed by atoms with Crippen LogP contribution < -0.4 is 5.32 Å². The summed E-state index contributed by atoms with van der Waals surface area (Å²) >= 11 is 1.82. The van der Waals surface area contributed by atoms with Gasteiger partial charge in [0.2, 0.25) is 0 Å². The maximum Gasteiger partial charge on any atom is 0.0992 e. The molecule has 0 amide bonds. The van der Waals surface area contributed by atoms with E-state index in [4.69, 9.17) is 0 Å². The summed E-state index contributed by atoms with van der Waals surface area (Å²) in [5, 5.41) is 13.8. The molecule has 0 radical (unpaired) electrons. The van der Waals surface area contributed by atoms with Crippen molar-refractivity contribution >= 4 is 11.3 Å². The van der Waals surface area contributed by atoms with Crippen molar-refractivity contribution in [3.63, 3.8) is 0 Å². The molecule has 2 aromatic rings. The Morgan fingerprint density at radius 3 is 2.47 bits per heavy atom. The van der Waals surface area contributed by atoms with Crippen LogP contribution in [0.3, 0.4) is 0 Å². The van der Waals surface area contributed by atoms with Crippen LogP contribution in [0, 0.1) is 13.8 Å². The van der Waals surface area contributed by atoms with E-state index in [-0.39, 0.29) is 0 Å². The molecule has 0 saturated heterocycles. The van der Waals surface area contributed by atoms with Gasteiger partial charge >= 0.3 is 0 Å². The van der Waals surface area contributed by atoms with Crippen LogP contribution in [0.2, 0.25) is 0 Å². The predicted molar refractivity (Wildman–Crippen MR) is 81.5 cm³/mol. The van der Waals surface area contributed by atoms with E-state index in [2.05, 4.69) is 25.2 Å². The van der Waals surface area contributed by atoms with E-state index in [1.165, 1.54) is 15.3 Å². The molecule has 2 nitrogen and oxygen atoms in total. The molecule has 1 heterocycles. The third-order valence-corrected chi connectivity index (χ3v) is 4.53. The second-order valence-corrected chi connectivity index (χ2v) is 6.54. The summed E-state index contributed by atoms with van der Waals surface area (Å²) in [6.07, 6.45) is 0. The van der Waals surface area contributed by atoms with Crippen LogP contribution in [0.5, 0.6) is 0 Å². The third kappa shape index (κ3) is 3.66. The van der Waals surface area contributed by atoms with Gasteiger partial charge < -0.3 is 10.4 Å². The van der Waals surface area contributed by atoms with E-state index in [9.17, 15) is 5.11 Å². The molecule has 0 fully saturated rings. The van der Waals surface area contributed by atoms with Crippen LogP contribution in [0.4, 0.5) is 0 Å². The van der Waals surface area contributed by atoms with Crippen LogP contribution in [0.15, 0.2) is 36.4 Å². The highest BCUT2D eigenvalue weighted by molar-refractivity contribution is 7.12. The van der Waals surface area contributed by atoms with Gasteiger partial charge in [-0.3, -0.25) is 0 Å². The van der Waals surface area contributed by atoms with Gasteiger partial charge in [-0.25, -0.2) is 0 Å². The first-order valence-corrected chi connectivity index (χ1v) is 7.35. The molecule has 0 aliphatic heterocycles. The highest BCUT2D eigenvalue weighted by Gasteiger charge is 2.21. The van der Waals surface area contributed by atoms with Gasteiger partial charge in [-0.05, 0) is 38.0 Å². The molecule has 3 heteroatoms. The summed E-state index contributed by atoms with van der Waals surface area (Å²) in [6.45, 7) is 7.48. The van der Waals surface area contributed by atoms with E-state index in [1.54, 1.807) is 0 Å². The summed E-state index contributed by atoms with van der Waals surface area (Å²) < 4.78 is 0. The quantitative estimate of drug-likeness (QED) is 0.877. The van der Waals surface area contributed by atoms with Crippen LogP contribution in [0.1, 0.15) is 27.8 Å². The fourth-order valence-electron chi connectivity index (χ4n) is 2.07. The molecule has 102 valence electrons. The number of hydrogen-bond donors (Lipinski definition) is 2. The van der Waals surface area contributed by atoms with E-state index < -0.39 is 5.60 Å². The smallest absolute Gasteiger partial charge is 0.0992 e. The van der Waals surface area contributed by atoms with Gasteiger partial charge in [-0.15, -0.1) is 11.3 Å². The Labute approximate surface area is 119 Å². The van der Waals surface area contributed by atoms with Gasteiger partial charge in [0.1, 0.15) is 0 Å². The Bertz CT molecular complexity index is 511. The number of benzene rings is 1. The Kier molecular flexibility index (Phi) is 4.40. The number of nitrogens with one attached hydrogen (secondary N) is 1. The van der Waals surface area contributed by atoms with E-state index in [0.29, 0.717) is 6.54 Å². The van der Waals surface area contributed by atoms with Gasteiger partial charge in [0.25, 0.3) is 0 Å². The van der Waals surface area contributed by atoms with Crippen molar-refractivity contribution in [1.29, 1.82) is 0 Å². The van der Waals surface area contributed by atoms with Crippen molar-refractivity contribution in [2.75, 3.05) is 6.54 Å². The largest absolute Gasteiger partial charge is 0.384 e. The lowest BCUT2D eigenvalue weighted by molar-refractivity contribution is 0.0567. The Balaban J connectivity index is 1.91. The molecule has 2 N–H and O–H groups in total. The van der Waals surface area contributed by atoms with Crippen molar-refractivity contribution in [3.05, 3.63) is 57.3 Å². The molecule has 19 heavy (non-hydrogen) atoms. The number of aliphatic hydroxyl groups is 1. The highest BCUT2D eigenvalue weighted by atomic mass is 32.1. The van der Waals surface area contributed by atoms with Gasteiger partial charge in [0.15, 0.2) is 0 Å². The zero-order valence-electron chi connectivity index (χ0n) is 11.7. The first-order valence-electron chi connectivity index (χ1n) is 6.53. The molecule has 2 rings (SSSR count). The molecular formula is C16H21NOS. The Hall–Kier alpha value is -1.16. The molecule has 0 bridgehead atoms. The van der Waals surface area contributed by atoms with Gasteiger partial charge in [-0.2, -0.15) is 0 Å². The van der Waals surface area contributed by atoms with Gasteiger partial charge in [0, 0.05) is 22.8 Å². The van der Waals surface area contributed by atoms with Crippen LogP contribution >= 0.6 is 11.3 Å². The Morgan fingerprint density at radius 2 is 1.89 bits per heavy atom. The number of hydrogen-bond acceptors (Lipinski definition) is 3. The maximum atomic E-state index is 10.5. The van der Waals surface area contributed by atoms with Gasteiger partial charge in [-0.1, -0.05) is 30.3 Å². The minimum Gasteiger partial charge on any atom is -0.384 e. The first-order chi connectivity index (χ1) is 8.99. The lowest BCUT2D eigenvalue weighted by atomic mass is 9.96. The fourth-order valence-corrected chi connectivity index (χ4v) is 3.09.